The highest BCUT2D eigenvalue weighted by Gasteiger charge is 2.22. The first-order valence-corrected chi connectivity index (χ1v) is 8.51. The van der Waals surface area contributed by atoms with Crippen molar-refractivity contribution in [3.05, 3.63) is 64.7 Å². The summed E-state index contributed by atoms with van der Waals surface area (Å²) in [5, 5.41) is 3.04. The highest BCUT2D eigenvalue weighted by molar-refractivity contribution is 6.05. The zero-order valence-electron chi connectivity index (χ0n) is 15.9. The number of nitrogens with one attached hydrogen (secondary N) is 1. The fourth-order valence-electron chi connectivity index (χ4n) is 2.53. The monoisotopic (exact) mass is 323 g/mol. The largest absolute Gasteiger partial charge is 0.322 e. The zero-order valence-corrected chi connectivity index (χ0v) is 15.9. The SMILES string of the molecule is Cc1ccccc1NC(=O)c1cc(C(C)(C)C)cc(C(C)(C)C)c1. The molecule has 0 fully saturated rings. The first kappa shape index (κ1) is 18.3. The number of para-hydroxylation sites is 1. The highest BCUT2D eigenvalue weighted by atomic mass is 16.1. The lowest BCUT2D eigenvalue weighted by atomic mass is 9.79. The molecule has 0 atom stereocenters. The Bertz CT molecular complexity index is 713. The number of anilines is 1. The Morgan fingerprint density at radius 2 is 1.33 bits per heavy atom. The fraction of sp³-hybridized carbons (Fsp3) is 0.409. The average molecular weight is 323 g/mol. The molecule has 0 aromatic heterocycles. The van der Waals surface area contributed by atoms with Crippen LogP contribution in [0.15, 0.2) is 42.5 Å². The molecular weight excluding hydrogens is 294 g/mol. The van der Waals surface area contributed by atoms with E-state index < -0.39 is 0 Å². The Labute approximate surface area is 146 Å². The van der Waals surface area contributed by atoms with Crippen LogP contribution >= 0.6 is 0 Å². The minimum atomic E-state index is -0.0547. The van der Waals surface area contributed by atoms with Crippen LogP contribution in [0.25, 0.3) is 0 Å². The molecule has 2 rings (SSSR count). The molecule has 1 N–H and O–H groups in total. The molecule has 0 aliphatic carbocycles. The third-order valence-electron chi connectivity index (χ3n) is 4.32. The number of benzene rings is 2. The molecule has 0 bridgehead atoms. The lowest BCUT2D eigenvalue weighted by molar-refractivity contribution is 0.102. The summed E-state index contributed by atoms with van der Waals surface area (Å²) in [6.07, 6.45) is 0. The molecule has 0 saturated carbocycles. The van der Waals surface area contributed by atoms with Crippen molar-refractivity contribution >= 4 is 11.6 Å². The van der Waals surface area contributed by atoms with Gasteiger partial charge in [-0.2, -0.15) is 0 Å². The highest BCUT2D eigenvalue weighted by Crippen LogP contribution is 2.30. The van der Waals surface area contributed by atoms with E-state index in [1.807, 2.05) is 43.3 Å². The Morgan fingerprint density at radius 3 is 1.79 bits per heavy atom. The number of hydrogen-bond donors (Lipinski definition) is 1. The van der Waals surface area contributed by atoms with E-state index in [4.69, 9.17) is 0 Å². The maximum absolute atomic E-state index is 12.8. The van der Waals surface area contributed by atoms with Gasteiger partial charge in [-0.05, 0) is 52.6 Å². The van der Waals surface area contributed by atoms with E-state index in [1.54, 1.807) is 0 Å². The van der Waals surface area contributed by atoms with Crippen molar-refractivity contribution in [1.29, 1.82) is 0 Å². The van der Waals surface area contributed by atoms with E-state index in [0.717, 1.165) is 16.8 Å². The molecule has 0 aliphatic rings. The van der Waals surface area contributed by atoms with Gasteiger partial charge < -0.3 is 5.32 Å². The second kappa shape index (κ2) is 6.43. The van der Waals surface area contributed by atoms with Crippen molar-refractivity contribution in [3.63, 3.8) is 0 Å². The second-order valence-electron chi connectivity index (χ2n) is 8.57. The van der Waals surface area contributed by atoms with E-state index in [-0.39, 0.29) is 16.7 Å². The predicted octanol–water partition coefficient (Wildman–Crippen LogP) is 5.84. The molecule has 24 heavy (non-hydrogen) atoms. The van der Waals surface area contributed by atoms with Crippen LogP contribution in [0.2, 0.25) is 0 Å². The van der Waals surface area contributed by atoms with Gasteiger partial charge in [0.25, 0.3) is 5.91 Å². The molecule has 128 valence electrons. The van der Waals surface area contributed by atoms with Crippen LogP contribution in [0.5, 0.6) is 0 Å². The third-order valence-corrected chi connectivity index (χ3v) is 4.32. The minimum Gasteiger partial charge on any atom is -0.322 e. The van der Waals surface area contributed by atoms with Gasteiger partial charge in [-0.1, -0.05) is 65.8 Å². The van der Waals surface area contributed by atoms with E-state index in [0.29, 0.717) is 0 Å². The molecular formula is C22H29NO. The van der Waals surface area contributed by atoms with Crippen molar-refractivity contribution in [2.45, 2.75) is 59.3 Å². The number of aryl methyl sites for hydroxylation is 1. The molecule has 2 aromatic carbocycles. The second-order valence-corrected chi connectivity index (χ2v) is 8.57. The molecule has 2 nitrogen and oxygen atoms in total. The Morgan fingerprint density at radius 1 is 0.833 bits per heavy atom. The van der Waals surface area contributed by atoms with Gasteiger partial charge in [0.05, 0.1) is 0 Å². The summed E-state index contributed by atoms with van der Waals surface area (Å²) in [6, 6.07) is 14.1. The lowest BCUT2D eigenvalue weighted by Crippen LogP contribution is -2.20. The standard InChI is InChI=1S/C22H29NO/c1-15-10-8-9-11-19(15)23-20(24)16-12-17(21(2,3)4)14-18(13-16)22(5,6)7/h8-14H,1-7H3,(H,23,24). The van der Waals surface area contributed by atoms with Gasteiger partial charge >= 0.3 is 0 Å². The van der Waals surface area contributed by atoms with Crippen LogP contribution in [-0.2, 0) is 10.8 Å². The summed E-state index contributed by atoms with van der Waals surface area (Å²) in [5.41, 5.74) is 5.01. The van der Waals surface area contributed by atoms with Gasteiger partial charge in [0, 0.05) is 11.3 Å². The number of carbonyl (C=O) groups excluding carboxylic acids is 1. The summed E-state index contributed by atoms with van der Waals surface area (Å²) in [7, 11) is 0. The van der Waals surface area contributed by atoms with Crippen molar-refractivity contribution in [2.75, 3.05) is 5.32 Å². The first-order chi connectivity index (χ1) is 11.0. The van der Waals surface area contributed by atoms with E-state index in [2.05, 4.69) is 52.9 Å². The molecule has 0 radical (unpaired) electrons. The van der Waals surface area contributed by atoms with Crippen LogP contribution in [0.4, 0.5) is 5.69 Å². The van der Waals surface area contributed by atoms with Gasteiger partial charge in [0.1, 0.15) is 0 Å². The Hall–Kier alpha value is -2.09. The topological polar surface area (TPSA) is 29.1 Å². The van der Waals surface area contributed by atoms with E-state index in [1.165, 1.54) is 11.1 Å². The normalized spacial score (nSPS) is 12.1. The maximum atomic E-state index is 12.8. The molecule has 0 heterocycles. The molecule has 0 aliphatic heterocycles. The van der Waals surface area contributed by atoms with Gasteiger partial charge in [-0.15, -0.1) is 0 Å². The fourth-order valence-corrected chi connectivity index (χ4v) is 2.53. The van der Waals surface area contributed by atoms with E-state index >= 15 is 0 Å². The Kier molecular flexibility index (Phi) is 4.89. The maximum Gasteiger partial charge on any atom is 0.255 e. The molecule has 2 aromatic rings. The van der Waals surface area contributed by atoms with Crippen LogP contribution in [-0.4, -0.2) is 5.91 Å². The van der Waals surface area contributed by atoms with Crippen molar-refractivity contribution in [2.24, 2.45) is 0 Å². The Balaban J connectivity index is 2.45. The number of amides is 1. The van der Waals surface area contributed by atoms with Gasteiger partial charge in [-0.3, -0.25) is 4.79 Å². The average Bonchev–Trinajstić information content (AvgIpc) is 2.47. The lowest BCUT2D eigenvalue weighted by Gasteiger charge is -2.26. The molecule has 1 amide bonds. The smallest absolute Gasteiger partial charge is 0.255 e. The summed E-state index contributed by atoms with van der Waals surface area (Å²) in [5.74, 6) is -0.0547. The van der Waals surface area contributed by atoms with Crippen LogP contribution in [0, 0.1) is 6.92 Å². The van der Waals surface area contributed by atoms with Gasteiger partial charge in [-0.25, -0.2) is 0 Å². The predicted molar refractivity (Wildman–Crippen MR) is 103 cm³/mol. The third kappa shape index (κ3) is 4.25. The van der Waals surface area contributed by atoms with Crippen LogP contribution in [0.3, 0.4) is 0 Å². The number of rotatable bonds is 2. The summed E-state index contributed by atoms with van der Waals surface area (Å²) in [6.45, 7) is 15.1. The summed E-state index contributed by atoms with van der Waals surface area (Å²) in [4.78, 5) is 12.8. The molecule has 0 unspecified atom stereocenters. The zero-order chi connectivity index (χ0) is 18.1. The summed E-state index contributed by atoms with van der Waals surface area (Å²) >= 11 is 0. The van der Waals surface area contributed by atoms with Crippen molar-refractivity contribution in [3.8, 4) is 0 Å². The molecule has 0 spiro atoms. The van der Waals surface area contributed by atoms with Crippen molar-refractivity contribution < 1.29 is 4.79 Å². The number of carbonyl (C=O) groups is 1. The molecule has 2 heteroatoms. The van der Waals surface area contributed by atoms with Crippen molar-refractivity contribution in [1.82, 2.24) is 0 Å². The summed E-state index contributed by atoms with van der Waals surface area (Å²) < 4.78 is 0. The van der Waals surface area contributed by atoms with Gasteiger partial charge in [0.2, 0.25) is 0 Å². The van der Waals surface area contributed by atoms with Crippen LogP contribution < -0.4 is 5.32 Å². The number of hydrogen-bond acceptors (Lipinski definition) is 1. The quantitative estimate of drug-likeness (QED) is 0.738. The van der Waals surface area contributed by atoms with Crippen LogP contribution in [0.1, 0.15) is 68.6 Å². The first-order valence-electron chi connectivity index (χ1n) is 8.51. The minimum absolute atomic E-state index is 0.00104. The van der Waals surface area contributed by atoms with E-state index in [9.17, 15) is 4.79 Å². The molecule has 0 saturated heterocycles. The van der Waals surface area contributed by atoms with Gasteiger partial charge in [0.15, 0.2) is 0 Å².